The van der Waals surface area contributed by atoms with E-state index >= 15 is 0 Å². The van der Waals surface area contributed by atoms with Crippen molar-refractivity contribution in [3.8, 4) is 5.75 Å². The van der Waals surface area contributed by atoms with Gasteiger partial charge in [-0.15, -0.1) is 0 Å². The van der Waals surface area contributed by atoms with E-state index in [-0.39, 0.29) is 29.6 Å². The van der Waals surface area contributed by atoms with Crippen LogP contribution in [-0.4, -0.2) is 0 Å². The summed E-state index contributed by atoms with van der Waals surface area (Å²) in [5.74, 6) is 1.09. The third-order valence-electron chi connectivity index (χ3n) is 1.20. The van der Waals surface area contributed by atoms with Crippen molar-refractivity contribution in [2.75, 3.05) is 0 Å². The Hall–Kier alpha value is -0.0500. The van der Waals surface area contributed by atoms with Gasteiger partial charge in [0.15, 0.2) is 0 Å². The third kappa shape index (κ3) is 4.65. The van der Waals surface area contributed by atoms with Gasteiger partial charge in [0.05, 0.1) is 0 Å². The second kappa shape index (κ2) is 5.63. The molecule has 0 fully saturated rings. The van der Waals surface area contributed by atoms with Crippen molar-refractivity contribution in [3.05, 3.63) is 42.7 Å². The summed E-state index contributed by atoms with van der Waals surface area (Å²) in [5.41, 5.74) is 0. The zero-order chi connectivity index (χ0) is 9.03. The fourth-order valence-corrected chi connectivity index (χ4v) is 1.16. The number of hydrogen-bond donors (Lipinski definition) is 0. The van der Waals surface area contributed by atoms with Crippen molar-refractivity contribution >= 4 is 7.60 Å². The van der Waals surface area contributed by atoms with Crippen molar-refractivity contribution in [2.45, 2.75) is 0 Å². The van der Waals surface area contributed by atoms with Gasteiger partial charge in [0.1, 0.15) is 5.75 Å². The van der Waals surface area contributed by atoms with E-state index in [2.05, 4.69) is 11.1 Å². The van der Waals surface area contributed by atoms with Crippen LogP contribution < -0.4 is 39.0 Å². The molecule has 0 saturated carbocycles. The van der Waals surface area contributed by atoms with Crippen molar-refractivity contribution in [2.24, 2.45) is 0 Å². The molecular weight excluding hydrogens is 198 g/mol. The Kier molecular flexibility index (Phi) is 5.61. The number of para-hydroxylation sites is 1. The molecule has 0 aliphatic rings. The van der Waals surface area contributed by atoms with Gasteiger partial charge in [0, 0.05) is 0 Å². The summed E-state index contributed by atoms with van der Waals surface area (Å²) in [6.07, 6.45) is 0. The molecule has 0 aliphatic heterocycles. The van der Waals surface area contributed by atoms with Crippen LogP contribution in [0.25, 0.3) is 0 Å². The molecule has 1 unspecified atom stereocenters. The summed E-state index contributed by atoms with van der Waals surface area (Å²) in [6.45, 7) is 3.13. The molecule has 0 bridgehead atoms. The van der Waals surface area contributed by atoms with Gasteiger partial charge in [-0.25, -0.2) is 0 Å². The first-order valence-electron chi connectivity index (χ1n) is 3.33. The molecule has 3 nitrogen and oxygen atoms in total. The molecular formula is C8H8NaO3P. The number of benzene rings is 1. The summed E-state index contributed by atoms with van der Waals surface area (Å²) in [5, 5.41) is 0. The standard InChI is InChI=1S/C8H9O3P.Na/c1-2-12(9,10)11-8-6-4-3-5-7-8;/h2-7H,1H2,(H,9,10);/q;+1/p-1. The van der Waals surface area contributed by atoms with Gasteiger partial charge in [-0.3, -0.25) is 4.57 Å². The van der Waals surface area contributed by atoms with E-state index in [1.54, 1.807) is 30.3 Å². The first-order valence-corrected chi connectivity index (χ1v) is 4.94. The van der Waals surface area contributed by atoms with E-state index in [9.17, 15) is 9.46 Å². The van der Waals surface area contributed by atoms with Crippen LogP contribution in [0.3, 0.4) is 0 Å². The summed E-state index contributed by atoms with van der Waals surface area (Å²) >= 11 is 0. The minimum atomic E-state index is -3.88. The Morgan fingerprint density at radius 2 is 1.92 bits per heavy atom. The molecule has 1 rings (SSSR count). The molecule has 13 heavy (non-hydrogen) atoms. The maximum Gasteiger partial charge on any atom is 1.00 e. The largest absolute Gasteiger partial charge is 1.00 e. The molecule has 0 heterocycles. The zero-order valence-corrected chi connectivity index (χ0v) is 10.2. The molecule has 1 aromatic carbocycles. The van der Waals surface area contributed by atoms with E-state index in [1.807, 2.05) is 0 Å². The maximum atomic E-state index is 10.9. The van der Waals surface area contributed by atoms with Crippen molar-refractivity contribution < 1.29 is 43.5 Å². The molecule has 0 radical (unpaired) electrons. The van der Waals surface area contributed by atoms with Crippen molar-refractivity contribution in [1.82, 2.24) is 0 Å². The van der Waals surface area contributed by atoms with Crippen molar-refractivity contribution in [1.29, 1.82) is 0 Å². The average molecular weight is 206 g/mol. The molecule has 0 saturated heterocycles. The maximum absolute atomic E-state index is 10.9. The van der Waals surface area contributed by atoms with Crippen LogP contribution in [0, 0.1) is 0 Å². The topological polar surface area (TPSA) is 49.4 Å². The zero-order valence-electron chi connectivity index (χ0n) is 7.34. The van der Waals surface area contributed by atoms with Crippen LogP contribution in [0.4, 0.5) is 0 Å². The fourth-order valence-electron chi connectivity index (χ4n) is 0.666. The van der Waals surface area contributed by atoms with Crippen LogP contribution in [0.5, 0.6) is 5.75 Å². The monoisotopic (exact) mass is 206 g/mol. The predicted octanol–water partition coefficient (Wildman–Crippen LogP) is -1.23. The van der Waals surface area contributed by atoms with Gasteiger partial charge >= 0.3 is 29.6 Å². The van der Waals surface area contributed by atoms with Crippen LogP contribution >= 0.6 is 7.60 Å². The molecule has 1 aromatic rings. The Balaban J connectivity index is 0.00000144. The minimum Gasteiger partial charge on any atom is -0.766 e. The first-order chi connectivity index (χ1) is 5.64. The minimum absolute atomic E-state index is 0. The molecule has 0 N–H and O–H groups in total. The molecule has 0 aliphatic carbocycles. The van der Waals surface area contributed by atoms with Gasteiger partial charge in [-0.1, -0.05) is 24.8 Å². The number of hydrogen-bond acceptors (Lipinski definition) is 3. The summed E-state index contributed by atoms with van der Waals surface area (Å²) < 4.78 is 15.5. The van der Waals surface area contributed by atoms with Gasteiger partial charge in [0.2, 0.25) is 7.60 Å². The normalized spacial score (nSPS) is 13.6. The molecule has 0 aromatic heterocycles. The molecule has 0 spiro atoms. The first kappa shape index (κ1) is 12.9. The quantitative estimate of drug-likeness (QED) is 0.459. The van der Waals surface area contributed by atoms with Crippen LogP contribution in [0.1, 0.15) is 0 Å². The molecule has 1 atom stereocenters. The summed E-state index contributed by atoms with van der Waals surface area (Å²) in [7, 11) is -3.88. The van der Waals surface area contributed by atoms with Gasteiger partial charge in [-0.2, -0.15) is 0 Å². The molecule has 5 heteroatoms. The van der Waals surface area contributed by atoms with Gasteiger partial charge < -0.3 is 9.42 Å². The number of rotatable bonds is 3. The molecule has 64 valence electrons. The Morgan fingerprint density at radius 3 is 2.38 bits per heavy atom. The van der Waals surface area contributed by atoms with Crippen LogP contribution in [0.15, 0.2) is 42.7 Å². The van der Waals surface area contributed by atoms with E-state index in [0.29, 0.717) is 5.75 Å². The summed E-state index contributed by atoms with van der Waals surface area (Å²) in [6, 6.07) is 8.29. The van der Waals surface area contributed by atoms with Crippen molar-refractivity contribution in [3.63, 3.8) is 0 Å². The van der Waals surface area contributed by atoms with E-state index in [4.69, 9.17) is 0 Å². The van der Waals surface area contributed by atoms with Gasteiger partial charge in [0.25, 0.3) is 0 Å². The SMILES string of the molecule is C=CP(=O)([O-])Oc1ccccc1.[Na+]. The Labute approximate surface area is 99.3 Å². The second-order valence-corrected chi connectivity index (χ2v) is 3.75. The van der Waals surface area contributed by atoms with Crippen LogP contribution in [-0.2, 0) is 4.57 Å². The van der Waals surface area contributed by atoms with Crippen LogP contribution in [0.2, 0.25) is 0 Å². The van der Waals surface area contributed by atoms with E-state index < -0.39 is 7.60 Å². The van der Waals surface area contributed by atoms with E-state index in [1.165, 1.54) is 0 Å². The second-order valence-electron chi connectivity index (χ2n) is 2.13. The third-order valence-corrected chi connectivity index (χ3v) is 2.11. The smallest absolute Gasteiger partial charge is 0.766 e. The Morgan fingerprint density at radius 1 is 1.38 bits per heavy atom. The molecule has 0 amide bonds. The fraction of sp³-hybridized carbons (Fsp3) is 0. The predicted molar refractivity (Wildman–Crippen MR) is 44.9 cm³/mol. The Bertz CT molecular complexity index is 312. The average Bonchev–Trinajstić information content (AvgIpc) is 2.06. The van der Waals surface area contributed by atoms with E-state index in [0.717, 1.165) is 5.82 Å². The summed E-state index contributed by atoms with van der Waals surface area (Å²) in [4.78, 5) is 10.9. The van der Waals surface area contributed by atoms with Gasteiger partial charge in [-0.05, 0) is 17.9 Å².